The third-order valence-electron chi connectivity index (χ3n) is 3.28. The van der Waals surface area contributed by atoms with Crippen molar-refractivity contribution in [1.29, 1.82) is 0 Å². The minimum absolute atomic E-state index is 0.0356. The topological polar surface area (TPSA) is 32.3 Å². The van der Waals surface area contributed by atoms with Crippen LogP contribution in [0.3, 0.4) is 0 Å². The SMILES string of the molecule is CCCCN1C(=O)C(C(C)C)NC1CCC. The molecule has 16 heavy (non-hydrogen) atoms. The Hall–Kier alpha value is -0.570. The molecule has 94 valence electrons. The summed E-state index contributed by atoms with van der Waals surface area (Å²) in [5.74, 6) is 0.695. The number of carbonyl (C=O) groups is 1. The summed E-state index contributed by atoms with van der Waals surface area (Å²) in [5, 5.41) is 3.48. The van der Waals surface area contributed by atoms with Crippen LogP contribution in [0, 0.1) is 5.92 Å². The van der Waals surface area contributed by atoms with E-state index < -0.39 is 0 Å². The highest BCUT2D eigenvalue weighted by Crippen LogP contribution is 2.20. The van der Waals surface area contributed by atoms with Crippen LogP contribution in [-0.2, 0) is 4.79 Å². The molecule has 1 fully saturated rings. The smallest absolute Gasteiger partial charge is 0.241 e. The predicted octanol–water partition coefficient (Wildman–Crippen LogP) is 2.37. The predicted molar refractivity (Wildman–Crippen MR) is 67.1 cm³/mol. The summed E-state index contributed by atoms with van der Waals surface area (Å²) < 4.78 is 0. The zero-order chi connectivity index (χ0) is 12.1. The zero-order valence-electron chi connectivity index (χ0n) is 11.1. The van der Waals surface area contributed by atoms with Crippen LogP contribution < -0.4 is 5.32 Å². The number of unbranched alkanes of at least 4 members (excludes halogenated alkanes) is 1. The van der Waals surface area contributed by atoms with Gasteiger partial charge in [0.05, 0.1) is 12.2 Å². The van der Waals surface area contributed by atoms with Crippen LogP contribution in [-0.4, -0.2) is 29.6 Å². The van der Waals surface area contributed by atoms with Gasteiger partial charge < -0.3 is 4.90 Å². The van der Waals surface area contributed by atoms with Gasteiger partial charge in [0.25, 0.3) is 0 Å². The molecule has 0 saturated carbocycles. The largest absolute Gasteiger partial charge is 0.326 e. The average Bonchev–Trinajstić information content (AvgIpc) is 2.54. The lowest BCUT2D eigenvalue weighted by molar-refractivity contribution is -0.130. The Kier molecular flexibility index (Phi) is 5.26. The Morgan fingerprint density at radius 1 is 1.31 bits per heavy atom. The van der Waals surface area contributed by atoms with Crippen LogP contribution in [0.1, 0.15) is 53.4 Å². The highest BCUT2D eigenvalue weighted by atomic mass is 16.2. The Morgan fingerprint density at radius 2 is 2.00 bits per heavy atom. The van der Waals surface area contributed by atoms with E-state index in [0.29, 0.717) is 11.8 Å². The molecule has 2 unspecified atom stereocenters. The molecule has 1 aliphatic rings. The fourth-order valence-electron chi connectivity index (χ4n) is 2.29. The number of carbonyl (C=O) groups excluding carboxylic acids is 1. The van der Waals surface area contributed by atoms with Gasteiger partial charge in [0, 0.05) is 6.54 Å². The molecule has 1 amide bonds. The van der Waals surface area contributed by atoms with E-state index >= 15 is 0 Å². The normalized spacial score (nSPS) is 25.8. The van der Waals surface area contributed by atoms with Crippen LogP contribution in [0.4, 0.5) is 0 Å². The molecule has 1 N–H and O–H groups in total. The van der Waals surface area contributed by atoms with Crippen LogP contribution in [0.15, 0.2) is 0 Å². The maximum Gasteiger partial charge on any atom is 0.241 e. The fourth-order valence-corrected chi connectivity index (χ4v) is 2.29. The minimum Gasteiger partial charge on any atom is -0.326 e. The lowest BCUT2D eigenvalue weighted by atomic mass is 10.1. The molecule has 1 aliphatic heterocycles. The molecule has 0 radical (unpaired) electrons. The quantitative estimate of drug-likeness (QED) is 0.754. The summed E-state index contributed by atoms with van der Waals surface area (Å²) in [5.41, 5.74) is 0. The van der Waals surface area contributed by atoms with Crippen molar-refractivity contribution in [3.8, 4) is 0 Å². The van der Waals surface area contributed by atoms with Gasteiger partial charge in [-0.15, -0.1) is 0 Å². The molecule has 0 aliphatic carbocycles. The molecule has 0 aromatic rings. The second kappa shape index (κ2) is 6.24. The van der Waals surface area contributed by atoms with Gasteiger partial charge in [0.2, 0.25) is 5.91 Å². The molecule has 0 aromatic heterocycles. The number of nitrogens with one attached hydrogen (secondary N) is 1. The molecule has 0 spiro atoms. The summed E-state index contributed by atoms with van der Waals surface area (Å²) in [6.07, 6.45) is 4.72. The number of hydrogen-bond acceptors (Lipinski definition) is 2. The summed E-state index contributed by atoms with van der Waals surface area (Å²) >= 11 is 0. The molecule has 1 rings (SSSR count). The van der Waals surface area contributed by atoms with Crippen molar-refractivity contribution >= 4 is 5.91 Å². The standard InChI is InChI=1S/C13H26N2O/c1-5-7-9-15-11(8-6-2)14-12(10(3)4)13(15)16/h10-12,14H,5-9H2,1-4H3. The van der Waals surface area contributed by atoms with Crippen molar-refractivity contribution in [3.63, 3.8) is 0 Å². The minimum atomic E-state index is 0.0356. The van der Waals surface area contributed by atoms with Crippen molar-refractivity contribution in [2.24, 2.45) is 5.92 Å². The molecule has 0 aromatic carbocycles. The van der Waals surface area contributed by atoms with Gasteiger partial charge in [-0.2, -0.15) is 0 Å². The van der Waals surface area contributed by atoms with Gasteiger partial charge in [-0.25, -0.2) is 0 Å². The molecular formula is C13H26N2O. The van der Waals surface area contributed by atoms with Gasteiger partial charge in [-0.1, -0.05) is 40.5 Å². The Bertz CT molecular complexity index is 228. The Balaban J connectivity index is 2.64. The average molecular weight is 226 g/mol. The first-order chi connectivity index (χ1) is 7.61. The third-order valence-corrected chi connectivity index (χ3v) is 3.28. The number of nitrogens with zero attached hydrogens (tertiary/aromatic N) is 1. The molecule has 1 heterocycles. The number of hydrogen-bond donors (Lipinski definition) is 1. The van der Waals surface area contributed by atoms with E-state index in [1.165, 1.54) is 0 Å². The van der Waals surface area contributed by atoms with Crippen LogP contribution in [0.2, 0.25) is 0 Å². The first-order valence-corrected chi connectivity index (χ1v) is 6.68. The first kappa shape index (κ1) is 13.5. The van der Waals surface area contributed by atoms with E-state index in [1.54, 1.807) is 0 Å². The van der Waals surface area contributed by atoms with Crippen molar-refractivity contribution in [1.82, 2.24) is 10.2 Å². The van der Waals surface area contributed by atoms with Crippen molar-refractivity contribution in [2.45, 2.75) is 65.6 Å². The van der Waals surface area contributed by atoms with Crippen LogP contribution >= 0.6 is 0 Å². The first-order valence-electron chi connectivity index (χ1n) is 6.68. The third kappa shape index (κ3) is 2.97. The van der Waals surface area contributed by atoms with Crippen molar-refractivity contribution in [3.05, 3.63) is 0 Å². The van der Waals surface area contributed by atoms with Gasteiger partial charge in [0.1, 0.15) is 0 Å². The van der Waals surface area contributed by atoms with E-state index in [9.17, 15) is 4.79 Å². The maximum absolute atomic E-state index is 12.2. The van der Waals surface area contributed by atoms with Crippen molar-refractivity contribution in [2.75, 3.05) is 6.54 Å². The van der Waals surface area contributed by atoms with Gasteiger partial charge in [-0.3, -0.25) is 10.1 Å². The molecular weight excluding hydrogens is 200 g/mol. The molecule has 3 heteroatoms. The summed E-state index contributed by atoms with van der Waals surface area (Å²) in [6, 6.07) is 0.0356. The monoisotopic (exact) mass is 226 g/mol. The summed E-state index contributed by atoms with van der Waals surface area (Å²) in [7, 11) is 0. The molecule has 2 atom stereocenters. The van der Waals surface area contributed by atoms with Crippen LogP contribution in [0.25, 0.3) is 0 Å². The van der Waals surface area contributed by atoms with E-state index in [0.717, 1.165) is 32.2 Å². The summed E-state index contributed by atoms with van der Waals surface area (Å²) in [6.45, 7) is 9.48. The lowest BCUT2D eigenvalue weighted by Crippen LogP contribution is -2.37. The zero-order valence-corrected chi connectivity index (χ0v) is 11.1. The fraction of sp³-hybridized carbons (Fsp3) is 0.923. The number of amides is 1. The maximum atomic E-state index is 12.2. The molecule has 3 nitrogen and oxygen atoms in total. The van der Waals surface area contributed by atoms with Crippen molar-refractivity contribution < 1.29 is 4.79 Å². The molecule has 0 bridgehead atoms. The van der Waals surface area contributed by atoms with E-state index in [2.05, 4.69) is 37.9 Å². The van der Waals surface area contributed by atoms with Crippen LogP contribution in [0.5, 0.6) is 0 Å². The second-order valence-electron chi connectivity index (χ2n) is 5.08. The Labute approximate surface area is 99.6 Å². The van der Waals surface area contributed by atoms with Gasteiger partial charge in [-0.05, 0) is 18.8 Å². The van der Waals surface area contributed by atoms with E-state index in [-0.39, 0.29) is 12.2 Å². The Morgan fingerprint density at radius 3 is 2.50 bits per heavy atom. The van der Waals surface area contributed by atoms with Gasteiger partial charge >= 0.3 is 0 Å². The molecule has 1 saturated heterocycles. The summed E-state index contributed by atoms with van der Waals surface area (Å²) in [4.78, 5) is 14.3. The lowest BCUT2D eigenvalue weighted by Gasteiger charge is -2.23. The van der Waals surface area contributed by atoms with Gasteiger partial charge in [0.15, 0.2) is 0 Å². The van der Waals surface area contributed by atoms with E-state index in [1.807, 2.05) is 0 Å². The van der Waals surface area contributed by atoms with E-state index in [4.69, 9.17) is 0 Å². The number of rotatable bonds is 6. The highest BCUT2D eigenvalue weighted by Gasteiger charge is 2.38. The second-order valence-corrected chi connectivity index (χ2v) is 5.08. The highest BCUT2D eigenvalue weighted by molar-refractivity contribution is 5.84.